The number of aliphatic hydroxyl groups excluding tert-OH is 1. The molecule has 4 rings (SSSR count). The molecule has 0 aromatic carbocycles. The van der Waals surface area contributed by atoms with Crippen LogP contribution in [0.1, 0.15) is 79.1 Å². The Morgan fingerprint density at radius 3 is 2.68 bits per heavy atom. The van der Waals surface area contributed by atoms with Crippen molar-refractivity contribution in [2.45, 2.75) is 85.2 Å². The molecular formula is C24H36O. The zero-order chi connectivity index (χ0) is 17.8. The van der Waals surface area contributed by atoms with E-state index in [0.29, 0.717) is 10.8 Å². The molecule has 138 valence electrons. The van der Waals surface area contributed by atoms with E-state index in [1.54, 1.807) is 5.57 Å². The van der Waals surface area contributed by atoms with Crippen LogP contribution in [0.4, 0.5) is 0 Å². The van der Waals surface area contributed by atoms with Gasteiger partial charge in [-0.15, -0.1) is 5.73 Å². The van der Waals surface area contributed by atoms with Gasteiger partial charge in [0.15, 0.2) is 0 Å². The van der Waals surface area contributed by atoms with Crippen LogP contribution in [-0.4, -0.2) is 11.2 Å². The van der Waals surface area contributed by atoms with Crippen molar-refractivity contribution in [2.75, 3.05) is 0 Å². The van der Waals surface area contributed by atoms with Crippen molar-refractivity contribution in [1.29, 1.82) is 0 Å². The lowest BCUT2D eigenvalue weighted by Crippen LogP contribution is -2.50. The molecule has 0 bridgehead atoms. The van der Waals surface area contributed by atoms with Crippen LogP contribution in [0.5, 0.6) is 0 Å². The number of aliphatic hydroxyl groups is 1. The first-order chi connectivity index (χ1) is 11.9. The minimum atomic E-state index is -0.182. The van der Waals surface area contributed by atoms with Gasteiger partial charge in [-0.05, 0) is 111 Å². The fourth-order valence-electron chi connectivity index (χ4n) is 7.75. The summed E-state index contributed by atoms with van der Waals surface area (Å²) in [4.78, 5) is 0. The highest BCUT2D eigenvalue weighted by Gasteiger charge is 2.58. The number of fused-ring (bicyclic) bond motifs is 5. The van der Waals surface area contributed by atoms with E-state index in [-0.39, 0.29) is 6.10 Å². The third kappa shape index (κ3) is 2.54. The number of rotatable bonds is 1. The highest BCUT2D eigenvalue weighted by Crippen LogP contribution is 2.67. The minimum absolute atomic E-state index is 0.182. The molecule has 4 aliphatic carbocycles. The number of hydrogen-bond donors (Lipinski definition) is 1. The average molecular weight is 341 g/mol. The molecule has 25 heavy (non-hydrogen) atoms. The van der Waals surface area contributed by atoms with Crippen molar-refractivity contribution < 1.29 is 5.11 Å². The van der Waals surface area contributed by atoms with Gasteiger partial charge < -0.3 is 5.11 Å². The second kappa shape index (κ2) is 6.14. The Kier molecular flexibility index (Phi) is 4.33. The first-order valence-corrected chi connectivity index (χ1v) is 10.7. The molecule has 0 aliphatic heterocycles. The van der Waals surface area contributed by atoms with Crippen molar-refractivity contribution in [2.24, 2.45) is 34.5 Å². The monoisotopic (exact) mass is 340 g/mol. The molecule has 0 aromatic heterocycles. The van der Waals surface area contributed by atoms with Crippen LogP contribution in [0.25, 0.3) is 0 Å². The van der Waals surface area contributed by atoms with Crippen LogP contribution in [0.15, 0.2) is 29.0 Å². The van der Waals surface area contributed by atoms with Crippen molar-refractivity contribution in [3.8, 4) is 0 Å². The maximum absolute atomic E-state index is 10.1. The van der Waals surface area contributed by atoms with Gasteiger partial charge in [-0.3, -0.25) is 0 Å². The number of hydrogen-bond acceptors (Lipinski definition) is 1. The Morgan fingerprint density at radius 2 is 1.92 bits per heavy atom. The highest BCUT2D eigenvalue weighted by molar-refractivity contribution is 5.26. The van der Waals surface area contributed by atoms with E-state index in [9.17, 15) is 5.11 Å². The maximum Gasteiger partial charge on any atom is 0.0724 e. The molecule has 0 aromatic rings. The van der Waals surface area contributed by atoms with Crippen molar-refractivity contribution in [1.82, 2.24) is 0 Å². The minimum Gasteiger partial charge on any atom is -0.389 e. The van der Waals surface area contributed by atoms with Crippen molar-refractivity contribution in [3.05, 3.63) is 29.0 Å². The third-order valence-electron chi connectivity index (χ3n) is 8.98. The predicted octanol–water partition coefficient (Wildman–Crippen LogP) is 6.05. The van der Waals surface area contributed by atoms with Gasteiger partial charge in [0.2, 0.25) is 0 Å². The van der Waals surface area contributed by atoms with Gasteiger partial charge in [-0.1, -0.05) is 25.5 Å². The summed E-state index contributed by atoms with van der Waals surface area (Å²) in [5.74, 6) is 3.39. The smallest absolute Gasteiger partial charge is 0.0724 e. The lowest BCUT2D eigenvalue weighted by Gasteiger charge is -2.58. The molecule has 0 amide bonds. The van der Waals surface area contributed by atoms with E-state index in [0.717, 1.165) is 30.1 Å². The molecule has 1 nitrogen and oxygen atoms in total. The Hall–Kier alpha value is -0.780. The molecule has 4 aliphatic rings. The normalized spacial score (nSPS) is 48.5. The molecule has 7 atom stereocenters. The first-order valence-electron chi connectivity index (χ1n) is 10.7. The van der Waals surface area contributed by atoms with E-state index in [2.05, 4.69) is 45.6 Å². The zero-order valence-corrected chi connectivity index (χ0v) is 16.6. The van der Waals surface area contributed by atoms with Crippen LogP contribution in [0.2, 0.25) is 0 Å². The van der Waals surface area contributed by atoms with Crippen LogP contribution in [-0.2, 0) is 0 Å². The summed E-state index contributed by atoms with van der Waals surface area (Å²) in [6.07, 6.45) is 14.5. The van der Waals surface area contributed by atoms with Crippen LogP contribution < -0.4 is 0 Å². The van der Waals surface area contributed by atoms with Crippen molar-refractivity contribution in [3.63, 3.8) is 0 Å². The van der Waals surface area contributed by atoms with Crippen LogP contribution in [0, 0.1) is 34.5 Å². The average Bonchev–Trinajstić information content (AvgIpc) is 2.93. The summed E-state index contributed by atoms with van der Waals surface area (Å²) in [5, 5.41) is 10.1. The molecule has 3 saturated carbocycles. The van der Waals surface area contributed by atoms with Gasteiger partial charge in [-0.2, -0.15) is 0 Å². The largest absolute Gasteiger partial charge is 0.389 e. The lowest BCUT2D eigenvalue weighted by molar-refractivity contribution is -0.0507. The fourth-order valence-corrected chi connectivity index (χ4v) is 7.75. The Morgan fingerprint density at radius 1 is 1.12 bits per heavy atom. The second-order valence-electron chi connectivity index (χ2n) is 9.92. The second-order valence-corrected chi connectivity index (χ2v) is 9.92. The SMILES string of the molecule is CC=C=C(C)C1CCC2C3CCC4=CC(O)CCC4(C)C3CCC12C. The highest BCUT2D eigenvalue weighted by atomic mass is 16.3. The molecule has 0 spiro atoms. The summed E-state index contributed by atoms with van der Waals surface area (Å²) in [6, 6.07) is 0. The van der Waals surface area contributed by atoms with Gasteiger partial charge in [0.05, 0.1) is 6.10 Å². The molecule has 0 heterocycles. The van der Waals surface area contributed by atoms with E-state index in [1.807, 2.05) is 0 Å². The Balaban J connectivity index is 1.65. The summed E-state index contributed by atoms with van der Waals surface area (Å²) in [7, 11) is 0. The molecule has 1 heteroatoms. The maximum atomic E-state index is 10.1. The Bertz CT molecular complexity index is 636. The molecule has 1 N–H and O–H groups in total. The summed E-state index contributed by atoms with van der Waals surface area (Å²) in [5.41, 5.74) is 7.48. The molecular weight excluding hydrogens is 304 g/mol. The van der Waals surface area contributed by atoms with E-state index in [4.69, 9.17) is 0 Å². The van der Waals surface area contributed by atoms with Gasteiger partial charge >= 0.3 is 0 Å². The predicted molar refractivity (Wildman–Crippen MR) is 104 cm³/mol. The van der Waals surface area contributed by atoms with Gasteiger partial charge in [-0.25, -0.2) is 0 Å². The van der Waals surface area contributed by atoms with Gasteiger partial charge in [0.25, 0.3) is 0 Å². The van der Waals surface area contributed by atoms with Crippen LogP contribution in [0.3, 0.4) is 0 Å². The topological polar surface area (TPSA) is 20.2 Å². The van der Waals surface area contributed by atoms with E-state index >= 15 is 0 Å². The van der Waals surface area contributed by atoms with Gasteiger partial charge in [0, 0.05) is 0 Å². The quantitative estimate of drug-likeness (QED) is 0.455. The van der Waals surface area contributed by atoms with E-state index < -0.39 is 0 Å². The fraction of sp³-hybridized carbons (Fsp3) is 0.792. The Labute approximate surface area is 154 Å². The molecule has 7 unspecified atom stereocenters. The molecule has 0 radical (unpaired) electrons. The summed E-state index contributed by atoms with van der Waals surface area (Å²) >= 11 is 0. The standard InChI is InChI=1S/C24H36O/c1-5-6-16(2)20-9-10-21-19-8-7-17-15-18(25)11-13-23(17,3)22(19)12-14-24(20,21)4/h5,15,18-22,25H,7-14H2,1-4H3. The molecule has 3 fully saturated rings. The number of allylic oxidation sites excluding steroid dienone is 2. The zero-order valence-electron chi connectivity index (χ0n) is 16.6. The summed E-state index contributed by atoms with van der Waals surface area (Å²) < 4.78 is 0. The van der Waals surface area contributed by atoms with E-state index in [1.165, 1.54) is 50.5 Å². The van der Waals surface area contributed by atoms with Gasteiger partial charge in [0.1, 0.15) is 0 Å². The molecule has 0 saturated heterocycles. The summed E-state index contributed by atoms with van der Waals surface area (Å²) in [6.45, 7) is 9.55. The van der Waals surface area contributed by atoms with Crippen molar-refractivity contribution >= 4 is 0 Å². The lowest BCUT2D eigenvalue weighted by atomic mass is 9.46. The first kappa shape index (κ1) is 17.6. The van der Waals surface area contributed by atoms with Crippen LogP contribution >= 0.6 is 0 Å². The third-order valence-corrected chi connectivity index (χ3v) is 8.98.